The van der Waals surface area contributed by atoms with Gasteiger partial charge in [-0.1, -0.05) is 29.8 Å². The molecule has 0 bridgehead atoms. The highest BCUT2D eigenvalue weighted by molar-refractivity contribution is 6.33. The summed E-state index contributed by atoms with van der Waals surface area (Å²) >= 11 is 6.47. The Morgan fingerprint density at radius 3 is 2.63 bits per heavy atom. The van der Waals surface area contributed by atoms with Crippen LogP contribution in [0.3, 0.4) is 0 Å². The fourth-order valence-corrected chi connectivity index (χ4v) is 5.12. The first kappa shape index (κ1) is 29.8. The number of aliphatic hydroxyl groups excluding tert-OH is 1. The number of nitrogens with zero attached hydrogens (tertiary/aromatic N) is 8. The Morgan fingerprint density at radius 1 is 1.12 bits per heavy atom. The number of nitrogens with one attached hydrogen (secondary N) is 1. The summed E-state index contributed by atoms with van der Waals surface area (Å²) in [7, 11) is 5.35. The van der Waals surface area contributed by atoms with Crippen LogP contribution in [0.1, 0.15) is 40.4 Å². The van der Waals surface area contributed by atoms with Gasteiger partial charge in [-0.05, 0) is 43.7 Å². The number of carbonyl (C=O) groups excluding carboxylic acids is 2. The lowest BCUT2D eigenvalue weighted by Gasteiger charge is -2.32. The number of aliphatic hydroxyl groups is 1. The smallest absolute Gasteiger partial charge is 0.255 e. The summed E-state index contributed by atoms with van der Waals surface area (Å²) in [6.07, 6.45) is 3.12. The van der Waals surface area contributed by atoms with Crippen molar-refractivity contribution in [3.05, 3.63) is 82.5 Å². The number of halogens is 1. The molecule has 2 atom stereocenters. The highest BCUT2D eigenvalue weighted by Crippen LogP contribution is 2.33. The van der Waals surface area contributed by atoms with Gasteiger partial charge in [0, 0.05) is 45.0 Å². The number of likely N-dealkylation sites (N-methyl/N-ethyl adjacent to an activating group) is 1. The van der Waals surface area contributed by atoms with E-state index in [0.717, 1.165) is 5.56 Å². The van der Waals surface area contributed by atoms with Crippen molar-refractivity contribution in [2.75, 3.05) is 38.0 Å². The molecule has 0 aliphatic carbocycles. The van der Waals surface area contributed by atoms with E-state index in [9.17, 15) is 14.7 Å². The van der Waals surface area contributed by atoms with Gasteiger partial charge in [0.25, 0.3) is 5.91 Å². The number of amides is 2. The van der Waals surface area contributed by atoms with Gasteiger partial charge in [-0.3, -0.25) is 9.59 Å². The van der Waals surface area contributed by atoms with Crippen LogP contribution in [0, 0.1) is 6.92 Å². The first-order valence-corrected chi connectivity index (χ1v) is 14.0. The molecule has 0 fully saturated rings. The van der Waals surface area contributed by atoms with Gasteiger partial charge in [0.1, 0.15) is 23.5 Å². The van der Waals surface area contributed by atoms with E-state index in [1.165, 1.54) is 16.0 Å². The Hall–Kier alpha value is -4.68. The van der Waals surface area contributed by atoms with Crippen molar-refractivity contribution >= 4 is 41.0 Å². The van der Waals surface area contributed by atoms with E-state index in [-0.39, 0.29) is 30.9 Å². The van der Waals surface area contributed by atoms with E-state index in [1.54, 1.807) is 45.3 Å². The second kappa shape index (κ2) is 12.3. The number of rotatable bonds is 9. The van der Waals surface area contributed by atoms with Crippen molar-refractivity contribution in [3.8, 4) is 11.3 Å². The second-order valence-corrected chi connectivity index (χ2v) is 10.9. The van der Waals surface area contributed by atoms with E-state index in [1.807, 2.05) is 43.3 Å². The zero-order valence-electron chi connectivity index (χ0n) is 24.5. The lowest BCUT2D eigenvalue weighted by molar-refractivity contribution is -0.137. The van der Waals surface area contributed by atoms with E-state index in [2.05, 4.69) is 30.2 Å². The molecule has 4 heterocycles. The molecular weight excluding hydrogens is 570 g/mol. The third kappa shape index (κ3) is 6.11. The number of aryl methyl sites for hydroxylation is 1. The molecule has 1 aromatic carbocycles. The van der Waals surface area contributed by atoms with Gasteiger partial charge in [0.2, 0.25) is 11.9 Å². The molecule has 1 aliphatic heterocycles. The summed E-state index contributed by atoms with van der Waals surface area (Å²) in [5, 5.41) is 13.6. The summed E-state index contributed by atoms with van der Waals surface area (Å²) in [6.45, 7) is 3.42. The molecule has 0 spiro atoms. The molecule has 4 aromatic rings. The number of benzene rings is 1. The van der Waals surface area contributed by atoms with Crippen molar-refractivity contribution in [2.24, 2.45) is 0 Å². The molecule has 0 unspecified atom stereocenters. The Morgan fingerprint density at radius 2 is 1.91 bits per heavy atom. The third-order valence-corrected chi connectivity index (χ3v) is 7.62. The van der Waals surface area contributed by atoms with Crippen LogP contribution in [0.15, 0.2) is 54.9 Å². The molecule has 13 heteroatoms. The molecule has 0 saturated heterocycles. The zero-order chi connectivity index (χ0) is 30.8. The van der Waals surface area contributed by atoms with Crippen LogP contribution in [-0.4, -0.2) is 85.4 Å². The molecule has 2 N–H and O–H groups in total. The van der Waals surface area contributed by atoms with Crippen molar-refractivity contribution in [1.29, 1.82) is 0 Å². The van der Waals surface area contributed by atoms with Gasteiger partial charge < -0.3 is 25.1 Å². The molecule has 0 radical (unpaired) electrons. The summed E-state index contributed by atoms with van der Waals surface area (Å²) in [6, 6.07) is 11.1. The van der Waals surface area contributed by atoms with Gasteiger partial charge in [-0.2, -0.15) is 0 Å². The SMILES string of the molecule is Cc1nccc(Nc2ncc(Cl)c(-c3ccc4c(c3)C(=O)N([C@H](C)C(=O)N(C)[C@H](CO)c3cccc(N(C)C)n3)C4)n2)n1. The summed E-state index contributed by atoms with van der Waals surface area (Å²) in [4.78, 5) is 53.8. The molecule has 0 saturated carbocycles. The number of carbonyl (C=O) groups is 2. The molecule has 1 aliphatic rings. The Labute approximate surface area is 254 Å². The highest BCUT2D eigenvalue weighted by Gasteiger charge is 2.37. The van der Waals surface area contributed by atoms with Crippen molar-refractivity contribution in [2.45, 2.75) is 32.5 Å². The number of pyridine rings is 1. The molecule has 43 heavy (non-hydrogen) atoms. The maximum Gasteiger partial charge on any atom is 0.255 e. The fourth-order valence-electron chi connectivity index (χ4n) is 4.92. The zero-order valence-corrected chi connectivity index (χ0v) is 25.2. The number of aromatic nitrogens is 5. The molecule has 2 amide bonds. The lowest BCUT2D eigenvalue weighted by atomic mass is 10.0. The van der Waals surface area contributed by atoms with Crippen molar-refractivity contribution in [3.63, 3.8) is 0 Å². The van der Waals surface area contributed by atoms with Crippen molar-refractivity contribution < 1.29 is 14.7 Å². The maximum absolute atomic E-state index is 13.6. The van der Waals surface area contributed by atoms with Gasteiger partial charge in [0.05, 0.1) is 35.3 Å². The molecule has 3 aromatic heterocycles. The van der Waals surface area contributed by atoms with E-state index >= 15 is 0 Å². The average Bonchev–Trinajstić information content (AvgIpc) is 3.33. The predicted octanol–water partition coefficient (Wildman–Crippen LogP) is 3.64. The molecule has 222 valence electrons. The quantitative estimate of drug-likeness (QED) is 0.292. The van der Waals surface area contributed by atoms with Gasteiger partial charge >= 0.3 is 0 Å². The Kier molecular flexibility index (Phi) is 8.51. The highest BCUT2D eigenvalue weighted by atomic mass is 35.5. The normalized spacial score (nSPS) is 13.8. The number of anilines is 3. The van der Waals surface area contributed by atoms with Gasteiger partial charge in [-0.25, -0.2) is 24.9 Å². The van der Waals surface area contributed by atoms with Crippen molar-refractivity contribution in [1.82, 2.24) is 34.7 Å². The summed E-state index contributed by atoms with van der Waals surface area (Å²) in [5.41, 5.74) is 2.89. The Balaban J connectivity index is 1.35. The van der Waals surface area contributed by atoms with Gasteiger partial charge in [-0.15, -0.1) is 0 Å². The summed E-state index contributed by atoms with van der Waals surface area (Å²) < 4.78 is 0. The van der Waals surface area contributed by atoms with Crippen LogP contribution in [0.2, 0.25) is 5.02 Å². The minimum Gasteiger partial charge on any atom is -0.394 e. The van der Waals surface area contributed by atoms with E-state index in [0.29, 0.717) is 45.0 Å². The maximum atomic E-state index is 13.6. The number of fused-ring (bicyclic) bond motifs is 1. The molecular formula is C30H32ClN9O3. The van der Waals surface area contributed by atoms with Crippen LogP contribution >= 0.6 is 11.6 Å². The standard InChI is InChI=1S/C30H32ClN9O3/c1-17(28(42)39(5)24(16-41)23-7-6-8-26(35-23)38(3)4)40-15-20-10-9-19(13-21(20)29(40)43)27-22(31)14-33-30(37-27)36-25-11-12-32-18(2)34-25/h6-14,17,24,41H,15-16H2,1-5H3,(H,32,33,34,36,37)/t17-,24-/m1/s1. The molecule has 5 rings (SSSR count). The largest absolute Gasteiger partial charge is 0.394 e. The summed E-state index contributed by atoms with van der Waals surface area (Å²) in [5.74, 6) is 1.54. The topological polar surface area (TPSA) is 141 Å². The minimum absolute atomic E-state index is 0.269. The van der Waals surface area contributed by atoms with E-state index < -0.39 is 12.1 Å². The minimum atomic E-state index is -0.783. The number of hydrogen-bond donors (Lipinski definition) is 2. The number of hydrogen-bond acceptors (Lipinski definition) is 10. The third-order valence-electron chi connectivity index (χ3n) is 7.34. The van der Waals surface area contributed by atoms with Gasteiger partial charge in [0.15, 0.2) is 0 Å². The van der Waals surface area contributed by atoms with Crippen LogP contribution in [-0.2, 0) is 11.3 Å². The monoisotopic (exact) mass is 601 g/mol. The first-order valence-electron chi connectivity index (χ1n) is 13.6. The predicted molar refractivity (Wildman–Crippen MR) is 163 cm³/mol. The van der Waals surface area contributed by atoms with Crippen LogP contribution in [0.4, 0.5) is 17.6 Å². The lowest BCUT2D eigenvalue weighted by Crippen LogP contribution is -2.47. The first-order chi connectivity index (χ1) is 20.6. The van der Waals surface area contributed by atoms with Crippen LogP contribution < -0.4 is 10.2 Å². The Bertz CT molecular complexity index is 1680. The van der Waals surface area contributed by atoms with Crippen LogP contribution in [0.5, 0.6) is 0 Å². The second-order valence-electron chi connectivity index (χ2n) is 10.4. The fraction of sp³-hybridized carbons (Fsp3) is 0.300. The van der Waals surface area contributed by atoms with E-state index in [4.69, 9.17) is 11.6 Å². The molecule has 12 nitrogen and oxygen atoms in total. The average molecular weight is 602 g/mol. The van der Waals surface area contributed by atoms with Crippen LogP contribution in [0.25, 0.3) is 11.3 Å².